The van der Waals surface area contributed by atoms with Crippen LogP contribution in [0.2, 0.25) is 0 Å². The van der Waals surface area contributed by atoms with Gasteiger partial charge in [-0.1, -0.05) is 0 Å². The Kier molecular flexibility index (Phi) is 3.07. The normalized spacial score (nSPS) is 19.5. The van der Waals surface area contributed by atoms with Crippen LogP contribution in [0.1, 0.15) is 17.5 Å². The van der Waals surface area contributed by atoms with Crippen LogP contribution in [-0.4, -0.2) is 24.0 Å². The van der Waals surface area contributed by atoms with Crippen molar-refractivity contribution in [1.82, 2.24) is 4.98 Å². The first-order chi connectivity index (χ1) is 8.17. The van der Waals surface area contributed by atoms with Crippen molar-refractivity contribution in [1.29, 1.82) is 5.26 Å². The number of nitrogens with two attached hydrogens (primary N) is 1. The molecule has 1 saturated heterocycles. The van der Waals surface area contributed by atoms with Crippen LogP contribution < -0.4 is 10.6 Å². The topological polar surface area (TPSA) is 83.0 Å². The maximum Gasteiger partial charge on any atom is 0.228 e. The molecule has 0 aliphatic carbocycles. The van der Waals surface area contributed by atoms with E-state index in [4.69, 9.17) is 11.0 Å². The summed E-state index contributed by atoms with van der Waals surface area (Å²) in [6, 6.07) is 3.87. The Morgan fingerprint density at radius 1 is 1.71 bits per heavy atom. The molecule has 1 aromatic heterocycles. The highest BCUT2D eigenvalue weighted by atomic mass is 16.2. The van der Waals surface area contributed by atoms with Gasteiger partial charge in [0.15, 0.2) is 5.82 Å². The van der Waals surface area contributed by atoms with Crippen molar-refractivity contribution in [3.8, 4) is 6.07 Å². The van der Waals surface area contributed by atoms with E-state index in [0.717, 1.165) is 5.56 Å². The zero-order chi connectivity index (χ0) is 12.4. The van der Waals surface area contributed by atoms with Gasteiger partial charge in [0.1, 0.15) is 6.07 Å². The van der Waals surface area contributed by atoms with Crippen molar-refractivity contribution in [3.05, 3.63) is 23.4 Å². The lowest BCUT2D eigenvalue weighted by Crippen LogP contribution is -2.27. The fraction of sp³-hybridized carbons (Fsp3) is 0.417. The Balaban J connectivity index is 2.39. The molecule has 1 amide bonds. The number of hydrogen-bond donors (Lipinski definition) is 1. The second kappa shape index (κ2) is 4.52. The maximum absolute atomic E-state index is 11.8. The van der Waals surface area contributed by atoms with E-state index in [-0.39, 0.29) is 11.8 Å². The van der Waals surface area contributed by atoms with Gasteiger partial charge in [-0.15, -0.1) is 0 Å². The van der Waals surface area contributed by atoms with Crippen molar-refractivity contribution < 1.29 is 4.79 Å². The summed E-state index contributed by atoms with van der Waals surface area (Å²) in [5, 5.41) is 9.12. The molecule has 1 aliphatic heterocycles. The number of pyridine rings is 1. The second-order valence-corrected chi connectivity index (χ2v) is 4.25. The Bertz CT molecular complexity index is 492. The number of nitriles is 1. The Morgan fingerprint density at radius 3 is 3.06 bits per heavy atom. The molecule has 2 N–H and O–H groups in total. The number of anilines is 1. The van der Waals surface area contributed by atoms with Gasteiger partial charge in [0, 0.05) is 19.2 Å². The molecule has 5 heteroatoms. The predicted octanol–water partition coefficient (Wildman–Crippen LogP) is 0.573. The van der Waals surface area contributed by atoms with Gasteiger partial charge in [0.2, 0.25) is 5.91 Å². The van der Waals surface area contributed by atoms with Crippen molar-refractivity contribution >= 4 is 11.7 Å². The summed E-state index contributed by atoms with van der Waals surface area (Å²) in [4.78, 5) is 17.6. The number of carbonyl (C=O) groups excluding carboxylic acids is 1. The Morgan fingerprint density at radius 2 is 2.47 bits per heavy atom. The number of carbonyl (C=O) groups is 1. The molecular formula is C12H14N4O. The van der Waals surface area contributed by atoms with Crippen LogP contribution in [0.4, 0.5) is 5.82 Å². The van der Waals surface area contributed by atoms with Gasteiger partial charge in [0.05, 0.1) is 5.56 Å². The van der Waals surface area contributed by atoms with Crippen LogP contribution in [0.5, 0.6) is 0 Å². The van der Waals surface area contributed by atoms with Crippen LogP contribution in [0.3, 0.4) is 0 Å². The molecule has 5 nitrogen and oxygen atoms in total. The standard InChI is InChI=1S/C12H14N4O/c1-8-2-3-15-12(10(8)6-14)16-7-9(5-13)4-11(16)17/h2-3,9H,4-5,7,13H2,1H3. The largest absolute Gasteiger partial charge is 0.330 e. The fourth-order valence-electron chi connectivity index (χ4n) is 2.03. The lowest BCUT2D eigenvalue weighted by Gasteiger charge is -2.17. The zero-order valence-corrected chi connectivity index (χ0v) is 9.68. The van der Waals surface area contributed by atoms with Gasteiger partial charge in [-0.05, 0) is 31.0 Å². The van der Waals surface area contributed by atoms with E-state index < -0.39 is 0 Å². The number of aryl methyl sites for hydroxylation is 1. The van der Waals surface area contributed by atoms with Gasteiger partial charge in [-0.2, -0.15) is 5.26 Å². The van der Waals surface area contributed by atoms with E-state index in [0.29, 0.717) is 30.9 Å². The smallest absolute Gasteiger partial charge is 0.228 e. The molecule has 1 aliphatic rings. The highest BCUT2D eigenvalue weighted by Crippen LogP contribution is 2.26. The summed E-state index contributed by atoms with van der Waals surface area (Å²) in [6.45, 7) is 2.88. The average molecular weight is 230 g/mol. The molecule has 0 radical (unpaired) electrons. The number of rotatable bonds is 2. The number of aromatic nitrogens is 1. The van der Waals surface area contributed by atoms with Gasteiger partial charge in [-0.25, -0.2) is 4.98 Å². The third kappa shape index (κ3) is 1.99. The molecule has 1 aromatic rings. The zero-order valence-electron chi connectivity index (χ0n) is 9.68. The van der Waals surface area contributed by atoms with E-state index in [1.54, 1.807) is 17.2 Å². The molecular weight excluding hydrogens is 216 g/mol. The summed E-state index contributed by atoms with van der Waals surface area (Å²) >= 11 is 0. The maximum atomic E-state index is 11.8. The van der Waals surface area contributed by atoms with Gasteiger partial charge in [0.25, 0.3) is 0 Å². The number of hydrogen-bond acceptors (Lipinski definition) is 4. The molecule has 2 heterocycles. The van der Waals surface area contributed by atoms with Crippen molar-refractivity contribution in [2.45, 2.75) is 13.3 Å². The summed E-state index contributed by atoms with van der Waals surface area (Å²) in [7, 11) is 0. The second-order valence-electron chi connectivity index (χ2n) is 4.25. The quantitative estimate of drug-likeness (QED) is 0.805. The molecule has 2 rings (SSSR count). The Hall–Kier alpha value is -1.93. The fourth-order valence-corrected chi connectivity index (χ4v) is 2.03. The first-order valence-corrected chi connectivity index (χ1v) is 5.53. The number of nitrogens with zero attached hydrogens (tertiary/aromatic N) is 3. The van der Waals surface area contributed by atoms with E-state index >= 15 is 0 Å². The monoisotopic (exact) mass is 230 g/mol. The van der Waals surface area contributed by atoms with Crippen LogP contribution in [-0.2, 0) is 4.79 Å². The third-order valence-electron chi connectivity index (χ3n) is 3.05. The first kappa shape index (κ1) is 11.6. The molecule has 1 atom stereocenters. The lowest BCUT2D eigenvalue weighted by atomic mass is 10.1. The SMILES string of the molecule is Cc1ccnc(N2CC(CN)CC2=O)c1C#N. The first-order valence-electron chi connectivity index (χ1n) is 5.53. The van der Waals surface area contributed by atoms with Gasteiger partial charge < -0.3 is 5.73 Å². The Labute approximate surface area is 99.9 Å². The average Bonchev–Trinajstić information content (AvgIpc) is 2.70. The molecule has 1 unspecified atom stereocenters. The minimum Gasteiger partial charge on any atom is -0.330 e. The summed E-state index contributed by atoms with van der Waals surface area (Å²) < 4.78 is 0. The van der Waals surface area contributed by atoms with E-state index in [9.17, 15) is 4.79 Å². The number of amides is 1. The highest BCUT2D eigenvalue weighted by molar-refractivity contribution is 5.96. The molecule has 1 fully saturated rings. The van der Waals surface area contributed by atoms with E-state index in [1.807, 2.05) is 6.92 Å². The molecule has 0 aromatic carbocycles. The van der Waals surface area contributed by atoms with Crippen LogP contribution in [0, 0.1) is 24.2 Å². The summed E-state index contributed by atoms with van der Waals surface area (Å²) in [6.07, 6.45) is 2.06. The summed E-state index contributed by atoms with van der Waals surface area (Å²) in [5.41, 5.74) is 6.88. The van der Waals surface area contributed by atoms with Gasteiger partial charge >= 0.3 is 0 Å². The molecule has 17 heavy (non-hydrogen) atoms. The molecule has 0 saturated carbocycles. The van der Waals surface area contributed by atoms with Gasteiger partial charge in [-0.3, -0.25) is 9.69 Å². The van der Waals surface area contributed by atoms with Crippen molar-refractivity contribution in [3.63, 3.8) is 0 Å². The lowest BCUT2D eigenvalue weighted by molar-refractivity contribution is -0.117. The summed E-state index contributed by atoms with van der Waals surface area (Å²) in [5.74, 6) is 0.625. The molecule has 0 bridgehead atoms. The third-order valence-corrected chi connectivity index (χ3v) is 3.05. The minimum absolute atomic E-state index is 0.00458. The van der Waals surface area contributed by atoms with Crippen molar-refractivity contribution in [2.24, 2.45) is 11.7 Å². The predicted molar refractivity (Wildman–Crippen MR) is 63.2 cm³/mol. The minimum atomic E-state index is -0.00458. The molecule has 0 spiro atoms. The highest BCUT2D eigenvalue weighted by Gasteiger charge is 2.32. The van der Waals surface area contributed by atoms with E-state index in [2.05, 4.69) is 11.1 Å². The van der Waals surface area contributed by atoms with E-state index in [1.165, 1.54) is 0 Å². The van der Waals surface area contributed by atoms with Crippen LogP contribution in [0.25, 0.3) is 0 Å². The van der Waals surface area contributed by atoms with Crippen LogP contribution >= 0.6 is 0 Å². The molecule has 88 valence electrons. The van der Waals surface area contributed by atoms with Crippen LogP contribution in [0.15, 0.2) is 12.3 Å². The van der Waals surface area contributed by atoms with Crippen molar-refractivity contribution in [2.75, 3.05) is 18.0 Å².